The third kappa shape index (κ3) is 19.4. The van der Waals surface area contributed by atoms with Gasteiger partial charge in [-0.3, -0.25) is 48.1 Å². The summed E-state index contributed by atoms with van der Waals surface area (Å²) >= 11 is 1.64. The van der Waals surface area contributed by atoms with Crippen molar-refractivity contribution in [1.29, 1.82) is 0 Å². The van der Waals surface area contributed by atoms with E-state index in [0.29, 0.717) is 6.42 Å². The van der Waals surface area contributed by atoms with Crippen molar-refractivity contribution in [2.45, 2.75) is 18.9 Å². The number of unbranched alkanes of at least 4 members (excludes halogenated alkanes) is 1. The number of nitrogens with one attached hydrogen (secondary N) is 2. The number of hydrogen-bond donors (Lipinski definition) is 6. The Morgan fingerprint density at radius 2 is 1.12 bits per heavy atom. The Bertz CT molecular complexity index is 1000. The van der Waals surface area contributed by atoms with E-state index in [9.17, 15) is 52.3 Å². The van der Waals surface area contributed by atoms with Crippen LogP contribution < -0.4 is 10.6 Å². The van der Waals surface area contributed by atoms with Gasteiger partial charge in [0, 0.05) is 58.9 Å². The van der Waals surface area contributed by atoms with Crippen LogP contribution in [0.2, 0.25) is 0 Å². The second-order valence-electron chi connectivity index (χ2n) is 10.1. The minimum Gasteiger partial charge on any atom is -0.480 e. The van der Waals surface area contributed by atoms with Crippen LogP contribution >= 0.6 is 11.8 Å². The maximum absolute atomic E-state index is 13.0. The Kier molecular flexibility index (Phi) is 18.3. The lowest BCUT2D eigenvalue weighted by atomic mass is 10.2. The van der Waals surface area contributed by atoms with Crippen molar-refractivity contribution in [3.8, 4) is 0 Å². The molecule has 1 fully saturated rings. The number of thioether (sulfide) groups is 1. The van der Waals surface area contributed by atoms with Gasteiger partial charge >= 0.3 is 17.9 Å². The molecule has 0 radical (unpaired) electrons. The molecule has 0 spiro atoms. The fourth-order valence-electron chi connectivity index (χ4n) is 4.33. The van der Waals surface area contributed by atoms with E-state index >= 15 is 0 Å². The topological polar surface area (TPSA) is 237 Å². The molecule has 0 aromatic carbocycles. The number of amides is 2. The number of carboxylic acid groups (broad SMARTS) is 3. The standard InChI is InChI=1S/C24H44N6O11S2/c1-42-13-3-2-4-25-24(38)19(18-43(39,40)41)26-20(31)14-27-5-7-28(15-21(32)33)9-11-30(17-23(36)37)12-10-29(8-6-27)16-22(34)35/h19H,2-18H2,1H3,(H,25,38)(H,26,31)(H,32,33)(H,34,35)(H,36,37)(H,39,40,41)/t19-/m0/s1. The third-order valence-corrected chi connectivity index (χ3v) is 7.93. The minimum absolute atomic E-state index is 0.158. The quantitative estimate of drug-likeness (QED) is 0.0680. The first-order valence-corrected chi connectivity index (χ1v) is 16.7. The summed E-state index contributed by atoms with van der Waals surface area (Å²) in [5.74, 6) is -4.90. The zero-order valence-corrected chi connectivity index (χ0v) is 26.0. The van der Waals surface area contributed by atoms with Crippen LogP contribution in [0.15, 0.2) is 0 Å². The van der Waals surface area contributed by atoms with E-state index in [2.05, 4.69) is 10.6 Å². The Morgan fingerprint density at radius 1 is 0.721 bits per heavy atom. The van der Waals surface area contributed by atoms with Gasteiger partial charge in [-0.2, -0.15) is 20.2 Å². The van der Waals surface area contributed by atoms with Gasteiger partial charge in [-0.1, -0.05) is 0 Å². The maximum Gasteiger partial charge on any atom is 0.317 e. The Morgan fingerprint density at radius 3 is 1.47 bits per heavy atom. The number of rotatable bonds is 17. The largest absolute Gasteiger partial charge is 0.480 e. The van der Waals surface area contributed by atoms with Gasteiger partial charge in [0.2, 0.25) is 11.8 Å². The van der Waals surface area contributed by atoms with Crippen LogP contribution in [0.5, 0.6) is 0 Å². The predicted octanol–water partition coefficient (Wildman–Crippen LogP) is -2.91. The van der Waals surface area contributed by atoms with E-state index in [1.807, 2.05) is 6.26 Å². The highest BCUT2D eigenvalue weighted by Gasteiger charge is 2.27. The highest BCUT2D eigenvalue weighted by Crippen LogP contribution is 2.03. The fraction of sp³-hybridized carbons (Fsp3) is 0.792. The SMILES string of the molecule is CSCCCCNC(=O)[C@H](CS(=O)(=O)O)NC(=O)CN1CCN(CC(=O)O)CCN(CC(=O)O)CCN(CC(=O)O)CC1. The zero-order valence-electron chi connectivity index (χ0n) is 24.4. The Labute approximate surface area is 255 Å². The summed E-state index contributed by atoms with van der Waals surface area (Å²) in [5, 5.41) is 32.9. The lowest BCUT2D eigenvalue weighted by molar-refractivity contribution is -0.140. The summed E-state index contributed by atoms with van der Waals surface area (Å²) in [4.78, 5) is 66.2. The molecule has 0 saturated carbocycles. The molecule has 1 aliphatic heterocycles. The fourth-order valence-corrected chi connectivity index (χ4v) is 5.48. The smallest absolute Gasteiger partial charge is 0.317 e. The third-order valence-electron chi connectivity index (χ3n) is 6.48. The second-order valence-corrected chi connectivity index (χ2v) is 12.6. The number of carboxylic acids is 3. The summed E-state index contributed by atoms with van der Waals surface area (Å²) in [6.45, 7) is 0.449. The van der Waals surface area contributed by atoms with Gasteiger partial charge in [-0.25, -0.2) is 0 Å². The van der Waals surface area contributed by atoms with E-state index < -0.39 is 51.6 Å². The molecule has 1 heterocycles. The average molecular weight is 657 g/mol. The van der Waals surface area contributed by atoms with Gasteiger partial charge in [0.25, 0.3) is 10.1 Å². The van der Waals surface area contributed by atoms with Crippen molar-refractivity contribution in [3.63, 3.8) is 0 Å². The van der Waals surface area contributed by atoms with Gasteiger partial charge in [0.05, 0.1) is 26.2 Å². The second kappa shape index (κ2) is 20.4. The summed E-state index contributed by atoms with van der Waals surface area (Å²) in [5.41, 5.74) is 0. The molecule has 43 heavy (non-hydrogen) atoms. The molecule has 0 unspecified atom stereocenters. The molecule has 1 atom stereocenters. The molecular formula is C24H44N6O11S2. The first-order valence-electron chi connectivity index (χ1n) is 13.7. The van der Waals surface area contributed by atoms with Crippen LogP contribution in [-0.4, -0.2) is 186 Å². The van der Waals surface area contributed by atoms with Crippen molar-refractivity contribution in [2.24, 2.45) is 0 Å². The normalized spacial score (nSPS) is 17.7. The van der Waals surface area contributed by atoms with E-state index in [1.54, 1.807) is 31.4 Å². The van der Waals surface area contributed by atoms with Crippen molar-refractivity contribution < 1.29 is 52.3 Å². The van der Waals surface area contributed by atoms with Crippen LogP contribution in [0.3, 0.4) is 0 Å². The van der Waals surface area contributed by atoms with Gasteiger partial charge in [0.1, 0.15) is 11.8 Å². The van der Waals surface area contributed by atoms with Crippen molar-refractivity contribution in [1.82, 2.24) is 30.2 Å². The average Bonchev–Trinajstić information content (AvgIpc) is 2.87. The van der Waals surface area contributed by atoms with Gasteiger partial charge in [0.15, 0.2) is 0 Å². The lowest BCUT2D eigenvalue weighted by Crippen LogP contribution is -2.54. The molecule has 2 amide bonds. The summed E-state index contributed by atoms with van der Waals surface area (Å²) in [7, 11) is -4.62. The molecule has 1 aliphatic rings. The van der Waals surface area contributed by atoms with Crippen molar-refractivity contribution >= 4 is 51.6 Å². The molecule has 248 valence electrons. The van der Waals surface area contributed by atoms with Crippen molar-refractivity contribution in [2.75, 3.05) is 103 Å². The molecule has 6 N–H and O–H groups in total. The number of hydrogen-bond acceptors (Lipinski definition) is 12. The molecule has 0 aromatic heterocycles. The lowest BCUT2D eigenvalue weighted by Gasteiger charge is -2.33. The van der Waals surface area contributed by atoms with Gasteiger partial charge in [-0.05, 0) is 24.9 Å². The molecule has 1 rings (SSSR count). The van der Waals surface area contributed by atoms with Gasteiger partial charge in [-0.15, -0.1) is 0 Å². The highest BCUT2D eigenvalue weighted by atomic mass is 32.2. The number of carbonyl (C=O) groups is 5. The molecule has 0 bridgehead atoms. The van der Waals surface area contributed by atoms with Crippen LogP contribution in [0.4, 0.5) is 0 Å². The van der Waals surface area contributed by atoms with Gasteiger partial charge < -0.3 is 26.0 Å². The number of nitrogens with zero attached hydrogens (tertiary/aromatic N) is 4. The van der Waals surface area contributed by atoms with Crippen molar-refractivity contribution in [3.05, 3.63) is 0 Å². The summed E-state index contributed by atoms with van der Waals surface area (Å²) in [6, 6.07) is -1.55. The number of aliphatic carboxylic acids is 3. The first kappa shape index (κ1) is 38.5. The molecule has 0 aliphatic carbocycles. The van der Waals surface area contributed by atoms with Crippen LogP contribution in [0, 0.1) is 0 Å². The van der Waals surface area contributed by atoms with E-state index in [-0.39, 0.29) is 85.1 Å². The zero-order chi connectivity index (χ0) is 32.4. The van der Waals surface area contributed by atoms with Crippen LogP contribution in [0.1, 0.15) is 12.8 Å². The Balaban J connectivity index is 3.02. The highest BCUT2D eigenvalue weighted by molar-refractivity contribution is 7.98. The predicted molar refractivity (Wildman–Crippen MR) is 158 cm³/mol. The monoisotopic (exact) mass is 656 g/mol. The Hall–Kier alpha value is -2.55. The maximum atomic E-state index is 13.0. The van der Waals surface area contributed by atoms with Crippen LogP contribution in [-0.2, 0) is 34.1 Å². The number of carbonyl (C=O) groups excluding carboxylic acids is 2. The molecule has 0 aromatic rings. The van der Waals surface area contributed by atoms with E-state index in [1.165, 1.54) is 0 Å². The molecule has 17 nitrogen and oxygen atoms in total. The first-order chi connectivity index (χ1) is 20.2. The molecule has 1 saturated heterocycles. The van der Waals surface area contributed by atoms with E-state index in [0.717, 1.165) is 12.2 Å². The minimum atomic E-state index is -4.62. The van der Waals surface area contributed by atoms with Crippen LogP contribution in [0.25, 0.3) is 0 Å². The van der Waals surface area contributed by atoms with E-state index in [4.69, 9.17) is 0 Å². The molecule has 19 heteroatoms. The summed E-state index contributed by atoms with van der Waals surface area (Å²) < 4.78 is 32.4. The molecular weight excluding hydrogens is 612 g/mol. The summed E-state index contributed by atoms with van der Waals surface area (Å²) in [6.07, 6.45) is 3.40.